The fraction of sp³-hybridized carbons (Fsp3) is 0.474. The maximum atomic E-state index is 13.1. The topological polar surface area (TPSA) is 77.8 Å². The highest BCUT2D eigenvalue weighted by Gasteiger charge is 2.26. The molecule has 248 valence electrons. The SMILES string of the molecule is CCCCn1c([C@@H](Cc2ccc(OCc3ccccc3)cc2)NC(=O)OC(C)(C)C)nc2ccc(OCCCN(CC)CC)cc21. The number of benzene rings is 3. The number of nitrogens with one attached hydrogen (secondary N) is 1. The zero-order chi connectivity index (χ0) is 32.9. The van der Waals surface area contributed by atoms with Crippen molar-refractivity contribution in [1.82, 2.24) is 19.8 Å². The van der Waals surface area contributed by atoms with Gasteiger partial charge in [0.15, 0.2) is 0 Å². The van der Waals surface area contributed by atoms with Gasteiger partial charge in [0, 0.05) is 25.6 Å². The molecule has 1 heterocycles. The van der Waals surface area contributed by atoms with E-state index in [4.69, 9.17) is 19.2 Å². The van der Waals surface area contributed by atoms with Gasteiger partial charge in [-0.1, -0.05) is 69.7 Å². The summed E-state index contributed by atoms with van der Waals surface area (Å²) in [6.45, 7) is 17.2. The highest BCUT2D eigenvalue weighted by molar-refractivity contribution is 5.78. The summed E-state index contributed by atoms with van der Waals surface area (Å²) in [7, 11) is 0. The first kappa shape index (κ1) is 34.8. The minimum atomic E-state index is -0.619. The normalized spacial score (nSPS) is 12.3. The number of carbonyl (C=O) groups excluding carboxylic acids is 1. The third kappa shape index (κ3) is 10.5. The number of ether oxygens (including phenoxy) is 3. The number of aromatic nitrogens is 2. The second-order valence-corrected chi connectivity index (χ2v) is 12.7. The Morgan fingerprint density at radius 3 is 2.28 bits per heavy atom. The molecule has 0 bridgehead atoms. The second kappa shape index (κ2) is 17.0. The maximum absolute atomic E-state index is 13.1. The van der Waals surface area contributed by atoms with Gasteiger partial charge in [0.05, 0.1) is 23.7 Å². The van der Waals surface area contributed by atoms with Crippen LogP contribution in [0.5, 0.6) is 11.5 Å². The largest absolute Gasteiger partial charge is 0.493 e. The minimum Gasteiger partial charge on any atom is -0.493 e. The molecule has 0 radical (unpaired) electrons. The molecule has 1 atom stereocenters. The summed E-state index contributed by atoms with van der Waals surface area (Å²) in [5.74, 6) is 2.43. The lowest BCUT2D eigenvalue weighted by atomic mass is 10.0. The van der Waals surface area contributed by atoms with Crippen molar-refractivity contribution in [2.75, 3.05) is 26.2 Å². The molecule has 0 spiro atoms. The first-order chi connectivity index (χ1) is 22.2. The minimum absolute atomic E-state index is 0.409. The Labute approximate surface area is 275 Å². The van der Waals surface area contributed by atoms with Gasteiger partial charge in [-0.25, -0.2) is 9.78 Å². The van der Waals surface area contributed by atoms with Crippen molar-refractivity contribution in [1.29, 1.82) is 0 Å². The van der Waals surface area contributed by atoms with Crippen molar-refractivity contribution < 1.29 is 19.0 Å². The van der Waals surface area contributed by atoms with E-state index in [1.165, 1.54) is 0 Å². The van der Waals surface area contributed by atoms with Gasteiger partial charge in [-0.15, -0.1) is 0 Å². The van der Waals surface area contributed by atoms with Gasteiger partial charge >= 0.3 is 6.09 Å². The summed E-state index contributed by atoms with van der Waals surface area (Å²) in [5, 5.41) is 3.14. The van der Waals surface area contributed by atoms with E-state index >= 15 is 0 Å². The number of imidazole rings is 1. The standard InChI is InChI=1S/C38H52N4O4/c1-7-10-24-42-35-27-32(44-25-14-23-41(8-2)9-3)21-22-33(35)39-36(42)34(40-37(43)46-38(4,5)6)26-29-17-19-31(20-18-29)45-28-30-15-12-11-13-16-30/h11-13,15-22,27,34H,7-10,14,23-26,28H2,1-6H3,(H,40,43)/t34-/m1/s1. The maximum Gasteiger partial charge on any atom is 0.408 e. The Bertz CT molecular complexity index is 1490. The molecule has 0 saturated carbocycles. The van der Waals surface area contributed by atoms with Crippen molar-refractivity contribution in [3.05, 3.63) is 89.7 Å². The summed E-state index contributed by atoms with van der Waals surface area (Å²) in [4.78, 5) is 20.6. The molecule has 8 nitrogen and oxygen atoms in total. The lowest BCUT2D eigenvalue weighted by molar-refractivity contribution is 0.0500. The first-order valence-corrected chi connectivity index (χ1v) is 16.8. The van der Waals surface area contributed by atoms with Crippen molar-refractivity contribution in [3.8, 4) is 11.5 Å². The van der Waals surface area contributed by atoms with E-state index in [9.17, 15) is 4.79 Å². The van der Waals surface area contributed by atoms with Crippen molar-refractivity contribution in [3.63, 3.8) is 0 Å². The first-order valence-electron chi connectivity index (χ1n) is 16.8. The predicted molar refractivity (Wildman–Crippen MR) is 186 cm³/mol. The second-order valence-electron chi connectivity index (χ2n) is 12.7. The van der Waals surface area contributed by atoms with Crippen LogP contribution in [0.2, 0.25) is 0 Å². The van der Waals surface area contributed by atoms with E-state index in [2.05, 4.69) is 53.8 Å². The average Bonchev–Trinajstić information content (AvgIpc) is 3.40. The number of rotatable bonds is 17. The van der Waals surface area contributed by atoms with Crippen LogP contribution in [-0.2, 0) is 24.3 Å². The van der Waals surface area contributed by atoms with Crippen molar-refractivity contribution in [2.24, 2.45) is 0 Å². The number of unbranched alkanes of at least 4 members (excludes halogenated alkanes) is 1. The number of aryl methyl sites for hydroxylation is 1. The summed E-state index contributed by atoms with van der Waals surface area (Å²) >= 11 is 0. The fourth-order valence-corrected chi connectivity index (χ4v) is 5.40. The number of carbonyl (C=O) groups is 1. The zero-order valence-corrected chi connectivity index (χ0v) is 28.6. The van der Waals surface area contributed by atoms with Crippen molar-refractivity contribution in [2.45, 2.75) is 92.0 Å². The van der Waals surface area contributed by atoms with E-state index < -0.39 is 17.7 Å². The average molecular weight is 629 g/mol. The van der Waals surface area contributed by atoms with Crippen LogP contribution in [0.3, 0.4) is 0 Å². The van der Waals surface area contributed by atoms with Crippen LogP contribution in [0.1, 0.15) is 83.8 Å². The molecule has 4 aromatic rings. The molecule has 4 rings (SSSR count). The fourth-order valence-electron chi connectivity index (χ4n) is 5.40. The van der Waals surface area contributed by atoms with Gasteiger partial charge < -0.3 is 29.0 Å². The van der Waals surface area contributed by atoms with Crippen LogP contribution >= 0.6 is 0 Å². The van der Waals surface area contributed by atoms with Crippen LogP contribution in [-0.4, -0.2) is 52.4 Å². The van der Waals surface area contributed by atoms with Crippen molar-refractivity contribution >= 4 is 17.1 Å². The molecule has 8 heteroatoms. The number of alkyl carbamates (subject to hydrolysis) is 1. The number of hydrogen-bond donors (Lipinski definition) is 1. The molecule has 0 aliphatic rings. The summed E-state index contributed by atoms with van der Waals surface area (Å²) in [6.07, 6.45) is 3.07. The highest BCUT2D eigenvalue weighted by atomic mass is 16.6. The Morgan fingerprint density at radius 1 is 0.891 bits per heavy atom. The molecular weight excluding hydrogens is 576 g/mol. The number of nitrogens with zero attached hydrogens (tertiary/aromatic N) is 3. The van der Waals surface area contributed by atoms with Gasteiger partial charge in [-0.05, 0) is 82.1 Å². The van der Waals surface area contributed by atoms with E-state index in [0.717, 1.165) is 84.9 Å². The Morgan fingerprint density at radius 2 is 1.61 bits per heavy atom. The third-order valence-corrected chi connectivity index (χ3v) is 7.88. The molecule has 46 heavy (non-hydrogen) atoms. The Hall–Kier alpha value is -4.04. The lowest BCUT2D eigenvalue weighted by Crippen LogP contribution is -2.37. The number of fused-ring (bicyclic) bond motifs is 1. The van der Waals surface area contributed by atoms with Gasteiger partial charge in [0.25, 0.3) is 0 Å². The van der Waals surface area contributed by atoms with E-state index in [-0.39, 0.29) is 0 Å². The van der Waals surface area contributed by atoms with Crippen LogP contribution < -0.4 is 14.8 Å². The smallest absolute Gasteiger partial charge is 0.408 e. The molecule has 0 unspecified atom stereocenters. The Balaban J connectivity index is 1.58. The highest BCUT2D eigenvalue weighted by Crippen LogP contribution is 2.28. The van der Waals surface area contributed by atoms with Crippen LogP contribution in [0.15, 0.2) is 72.8 Å². The molecule has 0 saturated heterocycles. The molecular formula is C38H52N4O4. The molecule has 3 aromatic carbocycles. The van der Waals surface area contributed by atoms with E-state index in [1.807, 2.05) is 75.4 Å². The molecule has 0 fully saturated rings. The van der Waals surface area contributed by atoms with Gasteiger partial charge in [0.1, 0.15) is 29.5 Å². The molecule has 1 N–H and O–H groups in total. The van der Waals surface area contributed by atoms with Gasteiger partial charge in [-0.2, -0.15) is 0 Å². The number of amides is 1. The van der Waals surface area contributed by atoms with E-state index in [1.54, 1.807) is 0 Å². The molecule has 1 amide bonds. The van der Waals surface area contributed by atoms with Crippen LogP contribution in [0.4, 0.5) is 4.79 Å². The lowest BCUT2D eigenvalue weighted by Gasteiger charge is -2.24. The molecule has 1 aromatic heterocycles. The van der Waals surface area contributed by atoms with Crippen LogP contribution in [0.25, 0.3) is 11.0 Å². The van der Waals surface area contributed by atoms with Crippen LogP contribution in [0, 0.1) is 0 Å². The quantitative estimate of drug-likeness (QED) is 0.119. The summed E-state index contributed by atoms with van der Waals surface area (Å²) in [5.41, 5.74) is 3.44. The summed E-state index contributed by atoms with van der Waals surface area (Å²) in [6, 6.07) is 23.9. The monoisotopic (exact) mass is 628 g/mol. The van der Waals surface area contributed by atoms with Gasteiger partial charge in [-0.3, -0.25) is 0 Å². The summed E-state index contributed by atoms with van der Waals surface area (Å²) < 4.78 is 20.1. The third-order valence-electron chi connectivity index (χ3n) is 7.88. The zero-order valence-electron chi connectivity index (χ0n) is 28.6. The Kier molecular flexibility index (Phi) is 12.9. The number of hydrogen-bond acceptors (Lipinski definition) is 6. The van der Waals surface area contributed by atoms with Gasteiger partial charge in [0.2, 0.25) is 0 Å². The molecule has 0 aliphatic carbocycles. The predicted octanol–water partition coefficient (Wildman–Crippen LogP) is 8.33. The molecule has 0 aliphatic heterocycles. The van der Waals surface area contributed by atoms with E-state index in [0.29, 0.717) is 19.6 Å².